The Labute approximate surface area is 206 Å². The maximum atomic E-state index is 12.3. The first-order valence-corrected chi connectivity index (χ1v) is 11.5. The molecule has 4 heterocycles. The summed E-state index contributed by atoms with van der Waals surface area (Å²) in [5, 5.41) is 27.2. The number of aromatic nitrogens is 6. The maximum absolute atomic E-state index is 12.3. The zero-order valence-corrected chi connectivity index (χ0v) is 19.7. The summed E-state index contributed by atoms with van der Waals surface area (Å²) in [6.07, 6.45) is 4.31. The average molecular weight is 491 g/mol. The van der Waals surface area contributed by atoms with E-state index in [1.54, 1.807) is 42.7 Å². The molecule has 1 saturated carbocycles. The number of methoxy groups -OCH3 is 1. The molecule has 4 atom stereocenters. The molecular formula is C24H26N8O4. The minimum atomic E-state index is -1.21. The first kappa shape index (κ1) is 23.6. The first-order chi connectivity index (χ1) is 17.5. The largest absolute Gasteiger partial charge is 0.495 e. The second-order valence-electron chi connectivity index (χ2n) is 8.51. The molecule has 0 radical (unpaired) electrons. The number of nitrogens with zero attached hydrogens (tertiary/aromatic N) is 6. The predicted octanol–water partition coefficient (Wildman–Crippen LogP) is 0.933. The van der Waals surface area contributed by atoms with Gasteiger partial charge in [0.05, 0.1) is 49.9 Å². The van der Waals surface area contributed by atoms with E-state index in [0.29, 0.717) is 40.7 Å². The molecule has 36 heavy (non-hydrogen) atoms. The van der Waals surface area contributed by atoms with Gasteiger partial charge in [0.15, 0.2) is 17.3 Å². The molecule has 12 nitrogen and oxygen atoms in total. The Kier molecular flexibility index (Phi) is 6.44. The van der Waals surface area contributed by atoms with E-state index in [2.05, 4.69) is 25.6 Å². The van der Waals surface area contributed by atoms with E-state index in [4.69, 9.17) is 14.7 Å². The van der Waals surface area contributed by atoms with E-state index in [1.807, 2.05) is 18.2 Å². The van der Waals surface area contributed by atoms with Crippen molar-refractivity contribution in [1.82, 2.24) is 34.8 Å². The highest BCUT2D eigenvalue weighted by atomic mass is 16.5. The highest BCUT2D eigenvalue weighted by Gasteiger charge is 2.46. The van der Waals surface area contributed by atoms with E-state index in [9.17, 15) is 15.0 Å². The summed E-state index contributed by atoms with van der Waals surface area (Å²) >= 11 is 0. The van der Waals surface area contributed by atoms with Crippen LogP contribution in [0.15, 0.2) is 49.2 Å². The number of anilines is 1. The summed E-state index contributed by atoms with van der Waals surface area (Å²) in [4.78, 5) is 34.7. The average Bonchev–Trinajstić information content (AvgIpc) is 3.48. The fourth-order valence-electron chi connectivity index (χ4n) is 4.47. The predicted molar refractivity (Wildman–Crippen MR) is 130 cm³/mol. The van der Waals surface area contributed by atoms with Crippen molar-refractivity contribution in [2.24, 2.45) is 5.92 Å². The quantitative estimate of drug-likeness (QED) is 0.293. The molecule has 0 aromatic carbocycles. The number of rotatable bonds is 7. The molecule has 4 aromatic rings. The molecule has 0 unspecified atom stereocenters. The molecule has 1 aliphatic rings. The van der Waals surface area contributed by atoms with Gasteiger partial charge in [-0.1, -0.05) is 6.07 Å². The van der Waals surface area contributed by atoms with Crippen molar-refractivity contribution in [3.63, 3.8) is 0 Å². The van der Waals surface area contributed by atoms with Crippen molar-refractivity contribution in [2.75, 3.05) is 19.5 Å². The van der Waals surface area contributed by atoms with Crippen molar-refractivity contribution in [3.8, 4) is 17.1 Å². The van der Waals surface area contributed by atoms with Crippen molar-refractivity contribution < 1.29 is 19.7 Å². The Balaban J connectivity index is 1.59. The normalized spacial score (nSPS) is 21.4. The fourth-order valence-corrected chi connectivity index (χ4v) is 4.47. The number of nitrogens with one attached hydrogen (secondary N) is 2. The third-order valence-electron chi connectivity index (χ3n) is 6.38. The Morgan fingerprint density at radius 1 is 1.19 bits per heavy atom. The summed E-state index contributed by atoms with van der Waals surface area (Å²) in [7, 11) is 3.05. The standard InChI is InChI=1S/C24H26N8O4/c1-25-24(35)16-8-17(20(34)19(16)33)32-12-29-18-22(28-10-14-5-3-4-6-27-14)30-21(31-23(18)32)13-7-15(36-2)11-26-9-13/h3-7,9,11-12,16-17,19-20,33-34H,8,10H2,1-2H3,(H,25,35)(H,28,30,31)/t16-,17+,19+,20-/m0/s1. The molecular weight excluding hydrogens is 464 g/mol. The maximum Gasteiger partial charge on any atom is 0.225 e. The number of amides is 1. The molecule has 0 spiro atoms. The van der Waals surface area contributed by atoms with Gasteiger partial charge < -0.3 is 30.2 Å². The molecule has 0 saturated heterocycles. The van der Waals surface area contributed by atoms with Gasteiger partial charge in [0.1, 0.15) is 17.4 Å². The highest BCUT2D eigenvalue weighted by Crippen LogP contribution is 2.38. The summed E-state index contributed by atoms with van der Waals surface area (Å²) in [5.41, 5.74) is 2.37. The Morgan fingerprint density at radius 2 is 2.06 bits per heavy atom. The fraction of sp³-hybridized carbons (Fsp3) is 0.333. The lowest BCUT2D eigenvalue weighted by atomic mass is 10.1. The number of hydrogen-bond donors (Lipinski definition) is 4. The summed E-state index contributed by atoms with van der Waals surface area (Å²) in [5.74, 6) is 0.311. The van der Waals surface area contributed by atoms with Crippen LogP contribution in [0.2, 0.25) is 0 Å². The summed E-state index contributed by atoms with van der Waals surface area (Å²) < 4.78 is 6.99. The van der Waals surface area contributed by atoms with Gasteiger partial charge in [-0.3, -0.25) is 14.8 Å². The molecule has 4 aromatic heterocycles. The van der Waals surface area contributed by atoms with Crippen LogP contribution < -0.4 is 15.4 Å². The van der Waals surface area contributed by atoms with Crippen LogP contribution in [-0.4, -0.2) is 72.0 Å². The molecule has 12 heteroatoms. The zero-order valence-electron chi connectivity index (χ0n) is 19.7. The van der Waals surface area contributed by atoms with Crippen LogP contribution in [-0.2, 0) is 11.3 Å². The lowest BCUT2D eigenvalue weighted by Gasteiger charge is -2.18. The third kappa shape index (κ3) is 4.32. The topological polar surface area (TPSA) is 160 Å². The molecule has 5 rings (SSSR count). The van der Waals surface area contributed by atoms with Crippen LogP contribution in [0.25, 0.3) is 22.6 Å². The molecule has 0 aliphatic heterocycles. The highest BCUT2D eigenvalue weighted by molar-refractivity contribution is 5.85. The van der Waals surface area contributed by atoms with Gasteiger partial charge >= 0.3 is 0 Å². The molecule has 4 N–H and O–H groups in total. The van der Waals surface area contributed by atoms with Gasteiger partial charge in [-0.05, 0) is 24.6 Å². The third-order valence-corrected chi connectivity index (χ3v) is 6.38. The number of pyridine rings is 2. The smallest absolute Gasteiger partial charge is 0.225 e. The lowest BCUT2D eigenvalue weighted by molar-refractivity contribution is -0.128. The monoisotopic (exact) mass is 490 g/mol. The first-order valence-electron chi connectivity index (χ1n) is 11.5. The molecule has 186 valence electrons. The second kappa shape index (κ2) is 9.84. The summed E-state index contributed by atoms with van der Waals surface area (Å²) in [6.45, 7) is 0.402. The van der Waals surface area contributed by atoms with E-state index in [-0.39, 0.29) is 12.3 Å². The van der Waals surface area contributed by atoms with E-state index in [0.717, 1.165) is 5.69 Å². The summed E-state index contributed by atoms with van der Waals surface area (Å²) in [6, 6.07) is 6.80. The molecule has 1 amide bonds. The van der Waals surface area contributed by atoms with Crippen LogP contribution in [0.1, 0.15) is 18.2 Å². The SMILES string of the molecule is CNC(=O)[C@H]1C[C@@H](n2cnc3c(NCc4ccccn4)nc(-c4cncc(OC)c4)nc32)[C@H](O)[C@@H]1O. The van der Waals surface area contributed by atoms with E-state index >= 15 is 0 Å². The number of aliphatic hydroxyl groups is 2. The van der Waals surface area contributed by atoms with Crippen LogP contribution in [0.5, 0.6) is 5.75 Å². The number of carbonyl (C=O) groups is 1. The van der Waals surface area contributed by atoms with Gasteiger partial charge in [-0.2, -0.15) is 0 Å². The van der Waals surface area contributed by atoms with Crippen LogP contribution in [0.4, 0.5) is 5.82 Å². The van der Waals surface area contributed by atoms with Crippen molar-refractivity contribution in [1.29, 1.82) is 0 Å². The Morgan fingerprint density at radius 3 is 2.81 bits per heavy atom. The van der Waals surface area contributed by atoms with Crippen molar-refractivity contribution in [3.05, 3.63) is 54.9 Å². The van der Waals surface area contributed by atoms with E-state index < -0.39 is 24.2 Å². The van der Waals surface area contributed by atoms with Crippen molar-refractivity contribution >= 4 is 22.9 Å². The number of carbonyl (C=O) groups excluding carboxylic acids is 1. The van der Waals surface area contributed by atoms with E-state index in [1.165, 1.54) is 7.05 Å². The minimum absolute atomic E-state index is 0.226. The van der Waals surface area contributed by atoms with Crippen LogP contribution in [0.3, 0.4) is 0 Å². The van der Waals surface area contributed by atoms with Gasteiger partial charge in [-0.25, -0.2) is 15.0 Å². The minimum Gasteiger partial charge on any atom is -0.495 e. The zero-order chi connectivity index (χ0) is 25.2. The second-order valence-corrected chi connectivity index (χ2v) is 8.51. The molecule has 0 bridgehead atoms. The number of aliphatic hydroxyl groups excluding tert-OH is 2. The van der Waals surface area contributed by atoms with Gasteiger partial charge in [0.25, 0.3) is 0 Å². The number of imidazole rings is 1. The Bertz CT molecular complexity index is 1380. The number of fused-ring (bicyclic) bond motifs is 1. The lowest BCUT2D eigenvalue weighted by Crippen LogP contribution is -2.36. The molecule has 1 aliphatic carbocycles. The van der Waals surface area contributed by atoms with Crippen LogP contribution in [0, 0.1) is 5.92 Å². The van der Waals surface area contributed by atoms with Crippen LogP contribution >= 0.6 is 0 Å². The molecule has 1 fully saturated rings. The van der Waals surface area contributed by atoms with Crippen molar-refractivity contribution in [2.45, 2.75) is 31.2 Å². The van der Waals surface area contributed by atoms with Gasteiger partial charge in [-0.15, -0.1) is 0 Å². The van der Waals surface area contributed by atoms with Gasteiger partial charge in [0.2, 0.25) is 5.91 Å². The number of ether oxygens (including phenoxy) is 1. The number of hydrogen-bond acceptors (Lipinski definition) is 10. The Hall–Kier alpha value is -4.16. The van der Waals surface area contributed by atoms with Gasteiger partial charge in [0, 0.05) is 25.0 Å².